The first-order valence-electron chi connectivity index (χ1n) is 9.36. The van der Waals surface area contributed by atoms with Gasteiger partial charge in [-0.2, -0.15) is 0 Å². The second-order valence-corrected chi connectivity index (χ2v) is 6.89. The number of hydrogen-bond donors (Lipinski definition) is 2. The molecule has 1 heterocycles. The molecule has 0 atom stereocenters. The molecule has 146 valence electrons. The molecule has 0 radical (unpaired) electrons. The number of carbonyl (C=O) groups is 2. The smallest absolute Gasteiger partial charge is 0.338 e. The molecule has 5 nitrogen and oxygen atoms in total. The molecule has 2 aromatic carbocycles. The number of ketones is 1. The molecular weight excluding hydrogens is 376 g/mol. The fraction of sp³-hybridized carbons (Fsp3) is 0.273. The van der Waals surface area contributed by atoms with Crippen LogP contribution in [-0.2, 0) is 11.2 Å². The van der Waals surface area contributed by atoms with E-state index in [1.54, 1.807) is 43.3 Å². The number of nitrogens with one attached hydrogen (secondary N) is 2. The van der Waals surface area contributed by atoms with Crippen LogP contribution >= 0.6 is 11.6 Å². The Morgan fingerprint density at radius 3 is 2.39 bits per heavy atom. The second kappa shape index (κ2) is 9.42. The molecule has 28 heavy (non-hydrogen) atoms. The van der Waals surface area contributed by atoms with Gasteiger partial charge >= 0.3 is 5.97 Å². The average Bonchev–Trinajstić information content (AvgIpc) is 2.73. The largest absolute Gasteiger partial charge is 0.462 e. The summed E-state index contributed by atoms with van der Waals surface area (Å²) in [6.45, 7) is 3.65. The van der Waals surface area contributed by atoms with Crippen molar-refractivity contribution in [2.75, 3.05) is 19.7 Å². The van der Waals surface area contributed by atoms with Gasteiger partial charge in [0.05, 0.1) is 12.2 Å². The van der Waals surface area contributed by atoms with Gasteiger partial charge in [-0.3, -0.25) is 4.79 Å². The SMILES string of the molecule is CCOC(=O)c1ccccc1CC(C(=O)c1ccc(Cl)cc1)=C1NCCCN1. The van der Waals surface area contributed by atoms with Crippen molar-refractivity contribution in [1.29, 1.82) is 0 Å². The molecule has 1 aliphatic rings. The Hall–Kier alpha value is -2.79. The maximum atomic E-state index is 13.3. The Morgan fingerprint density at radius 2 is 1.71 bits per heavy atom. The molecule has 1 aliphatic heterocycles. The zero-order valence-electron chi connectivity index (χ0n) is 15.8. The van der Waals surface area contributed by atoms with E-state index in [2.05, 4.69) is 10.6 Å². The van der Waals surface area contributed by atoms with E-state index >= 15 is 0 Å². The summed E-state index contributed by atoms with van der Waals surface area (Å²) in [5.74, 6) is 0.225. The topological polar surface area (TPSA) is 67.4 Å². The summed E-state index contributed by atoms with van der Waals surface area (Å²) < 4.78 is 5.17. The van der Waals surface area contributed by atoms with Crippen LogP contribution in [0, 0.1) is 0 Å². The van der Waals surface area contributed by atoms with E-state index < -0.39 is 0 Å². The number of rotatable bonds is 6. The van der Waals surface area contributed by atoms with Crippen LogP contribution in [0.15, 0.2) is 59.9 Å². The minimum atomic E-state index is -0.383. The van der Waals surface area contributed by atoms with Gasteiger partial charge in [-0.15, -0.1) is 0 Å². The Bertz CT molecular complexity index is 883. The maximum absolute atomic E-state index is 13.3. The predicted molar refractivity (Wildman–Crippen MR) is 110 cm³/mol. The van der Waals surface area contributed by atoms with Gasteiger partial charge in [-0.1, -0.05) is 29.8 Å². The van der Waals surface area contributed by atoms with E-state index in [0.717, 1.165) is 25.1 Å². The lowest BCUT2D eigenvalue weighted by molar-refractivity contribution is 0.0525. The van der Waals surface area contributed by atoms with Gasteiger partial charge in [-0.25, -0.2) is 4.79 Å². The van der Waals surface area contributed by atoms with Crippen molar-refractivity contribution in [3.63, 3.8) is 0 Å². The standard InChI is InChI=1S/C22H23ClN2O3/c1-2-28-22(27)18-7-4-3-6-16(18)14-19(21-24-12-5-13-25-21)20(26)15-8-10-17(23)11-9-15/h3-4,6-11,24-25H,2,5,12-14H2,1H3. The Labute approximate surface area is 169 Å². The summed E-state index contributed by atoms with van der Waals surface area (Å²) in [6, 6.07) is 14.1. The highest BCUT2D eigenvalue weighted by atomic mass is 35.5. The highest BCUT2D eigenvalue weighted by Gasteiger charge is 2.22. The van der Waals surface area contributed by atoms with Crippen LogP contribution < -0.4 is 10.6 Å². The third kappa shape index (κ3) is 4.73. The van der Waals surface area contributed by atoms with Crippen molar-refractivity contribution in [2.24, 2.45) is 0 Å². The van der Waals surface area contributed by atoms with Gasteiger partial charge in [0.1, 0.15) is 5.82 Å². The highest BCUT2D eigenvalue weighted by Crippen LogP contribution is 2.21. The highest BCUT2D eigenvalue weighted by molar-refractivity contribution is 6.30. The van der Waals surface area contributed by atoms with Crippen molar-refractivity contribution in [1.82, 2.24) is 10.6 Å². The Kier molecular flexibility index (Phi) is 6.71. The third-order valence-corrected chi connectivity index (χ3v) is 4.77. The first kappa shape index (κ1) is 20.0. The molecule has 3 rings (SSSR count). The van der Waals surface area contributed by atoms with Gasteiger partial charge in [0.2, 0.25) is 0 Å². The Morgan fingerprint density at radius 1 is 1.04 bits per heavy atom. The zero-order chi connectivity index (χ0) is 19.9. The van der Waals surface area contributed by atoms with Gasteiger partial charge < -0.3 is 15.4 Å². The molecule has 1 fully saturated rings. The summed E-state index contributed by atoms with van der Waals surface area (Å²) in [7, 11) is 0. The molecule has 6 heteroatoms. The summed E-state index contributed by atoms with van der Waals surface area (Å²) in [6.07, 6.45) is 1.29. The van der Waals surface area contributed by atoms with Crippen LogP contribution in [0.5, 0.6) is 0 Å². The molecule has 2 N–H and O–H groups in total. The molecule has 0 amide bonds. The van der Waals surface area contributed by atoms with E-state index in [1.807, 2.05) is 12.1 Å². The maximum Gasteiger partial charge on any atom is 0.338 e. The van der Waals surface area contributed by atoms with Crippen LogP contribution in [0.2, 0.25) is 5.02 Å². The van der Waals surface area contributed by atoms with E-state index in [1.165, 1.54) is 0 Å². The summed E-state index contributed by atoms with van der Waals surface area (Å²) >= 11 is 5.96. The van der Waals surface area contributed by atoms with Crippen molar-refractivity contribution in [2.45, 2.75) is 19.8 Å². The van der Waals surface area contributed by atoms with Crippen LogP contribution in [0.1, 0.15) is 39.6 Å². The van der Waals surface area contributed by atoms with Gasteiger partial charge in [0, 0.05) is 35.7 Å². The summed E-state index contributed by atoms with van der Waals surface area (Å²) in [5, 5.41) is 7.14. The first-order valence-corrected chi connectivity index (χ1v) is 9.74. The lowest BCUT2D eigenvalue weighted by Gasteiger charge is -2.23. The van der Waals surface area contributed by atoms with Crippen molar-refractivity contribution in [3.05, 3.63) is 81.6 Å². The first-order chi connectivity index (χ1) is 13.6. The molecular formula is C22H23ClN2O3. The normalized spacial score (nSPS) is 13.3. The van der Waals surface area contributed by atoms with E-state index in [-0.39, 0.29) is 11.8 Å². The predicted octanol–water partition coefficient (Wildman–Crippen LogP) is 3.74. The van der Waals surface area contributed by atoms with E-state index in [4.69, 9.17) is 16.3 Å². The lowest BCUT2D eigenvalue weighted by Crippen LogP contribution is -2.37. The third-order valence-electron chi connectivity index (χ3n) is 4.52. The number of Topliss-reactive ketones (excluding diaryl/α,β-unsaturated/α-hetero) is 1. The molecule has 2 aromatic rings. The Balaban J connectivity index is 1.99. The minimum absolute atomic E-state index is 0.104. The number of allylic oxidation sites excluding steroid dienone is 1. The van der Waals surface area contributed by atoms with Crippen molar-refractivity contribution in [3.8, 4) is 0 Å². The van der Waals surface area contributed by atoms with Crippen LogP contribution in [0.25, 0.3) is 0 Å². The minimum Gasteiger partial charge on any atom is -0.462 e. The molecule has 1 saturated heterocycles. The van der Waals surface area contributed by atoms with Gasteiger partial charge in [-0.05, 0) is 49.2 Å². The monoisotopic (exact) mass is 398 g/mol. The number of esters is 1. The quantitative estimate of drug-likeness (QED) is 0.441. The molecule has 0 unspecified atom stereocenters. The van der Waals surface area contributed by atoms with Crippen LogP contribution in [0.4, 0.5) is 0 Å². The molecule has 0 bridgehead atoms. The number of hydrogen-bond acceptors (Lipinski definition) is 5. The fourth-order valence-corrected chi connectivity index (χ4v) is 3.25. The van der Waals surface area contributed by atoms with E-state index in [0.29, 0.717) is 40.6 Å². The molecule has 0 spiro atoms. The zero-order valence-corrected chi connectivity index (χ0v) is 16.5. The van der Waals surface area contributed by atoms with E-state index in [9.17, 15) is 9.59 Å². The summed E-state index contributed by atoms with van der Waals surface area (Å²) in [5.41, 5.74) is 2.36. The van der Waals surface area contributed by atoms with Gasteiger partial charge in [0.15, 0.2) is 5.78 Å². The number of halogens is 1. The molecule has 0 saturated carbocycles. The second-order valence-electron chi connectivity index (χ2n) is 6.45. The van der Waals surface area contributed by atoms with Crippen LogP contribution in [-0.4, -0.2) is 31.4 Å². The van der Waals surface area contributed by atoms with Crippen LogP contribution in [0.3, 0.4) is 0 Å². The average molecular weight is 399 g/mol. The van der Waals surface area contributed by atoms with Crippen molar-refractivity contribution < 1.29 is 14.3 Å². The molecule has 0 aromatic heterocycles. The number of benzene rings is 2. The number of carbonyl (C=O) groups excluding carboxylic acids is 2. The number of ether oxygens (including phenoxy) is 1. The van der Waals surface area contributed by atoms with Gasteiger partial charge in [0.25, 0.3) is 0 Å². The molecule has 0 aliphatic carbocycles. The summed E-state index contributed by atoms with van der Waals surface area (Å²) in [4.78, 5) is 25.6. The van der Waals surface area contributed by atoms with Crippen molar-refractivity contribution >= 4 is 23.4 Å². The fourth-order valence-electron chi connectivity index (χ4n) is 3.12. The lowest BCUT2D eigenvalue weighted by atomic mass is 9.93.